The van der Waals surface area contributed by atoms with Crippen LogP contribution < -0.4 is 9.64 Å². The summed E-state index contributed by atoms with van der Waals surface area (Å²) in [5.41, 5.74) is 2.38. The van der Waals surface area contributed by atoms with Crippen molar-refractivity contribution in [2.24, 2.45) is 5.92 Å². The Kier molecular flexibility index (Phi) is 4.30. The van der Waals surface area contributed by atoms with Gasteiger partial charge in [0, 0.05) is 31.4 Å². The molecule has 0 spiro atoms. The van der Waals surface area contributed by atoms with Crippen LogP contribution in [0, 0.1) is 12.8 Å². The maximum absolute atomic E-state index is 5.79. The summed E-state index contributed by atoms with van der Waals surface area (Å²) >= 11 is 1.79. The highest BCUT2D eigenvalue weighted by molar-refractivity contribution is 7.22. The van der Waals surface area contributed by atoms with Crippen LogP contribution in [0.1, 0.15) is 18.4 Å². The zero-order chi connectivity index (χ0) is 16.4. The fraction of sp³-hybridized carbons (Fsp3) is 0.389. The Morgan fingerprint density at radius 1 is 1.33 bits per heavy atom. The quantitative estimate of drug-likeness (QED) is 0.725. The average molecular weight is 340 g/mol. The molecule has 0 aliphatic carbocycles. The summed E-state index contributed by atoms with van der Waals surface area (Å²) in [6.45, 7) is 4.86. The molecule has 3 heterocycles. The highest BCUT2D eigenvalue weighted by Gasteiger charge is 2.23. The molecule has 0 bridgehead atoms. The van der Waals surface area contributed by atoms with E-state index < -0.39 is 0 Å². The molecule has 1 aromatic carbocycles. The van der Waals surface area contributed by atoms with E-state index in [-0.39, 0.29) is 0 Å². The molecule has 1 saturated heterocycles. The van der Waals surface area contributed by atoms with E-state index in [1.165, 1.54) is 23.1 Å². The van der Waals surface area contributed by atoms with Crippen molar-refractivity contribution in [3.63, 3.8) is 0 Å². The number of thiazole rings is 1. The molecular formula is C18H20N4OS. The number of piperidine rings is 1. The molecule has 0 N–H and O–H groups in total. The number of aryl methyl sites for hydroxylation is 1. The summed E-state index contributed by atoms with van der Waals surface area (Å²) in [6.07, 6.45) is 7.33. The molecular weight excluding hydrogens is 320 g/mol. The standard InChI is InChI=1S/C18H20N4OS/c1-13-4-5-15-16(9-13)24-18(21-15)22-8-2-3-14(11-22)12-23-17-10-19-6-7-20-17/h4-7,9-10,14H,2-3,8,11-12H2,1H3. The van der Waals surface area contributed by atoms with Crippen LogP contribution in [0.5, 0.6) is 5.88 Å². The Morgan fingerprint density at radius 3 is 3.17 bits per heavy atom. The van der Waals surface area contributed by atoms with E-state index in [2.05, 4.69) is 40.0 Å². The van der Waals surface area contributed by atoms with Crippen molar-refractivity contribution < 1.29 is 4.74 Å². The fourth-order valence-electron chi connectivity index (χ4n) is 3.09. The second-order valence-electron chi connectivity index (χ2n) is 6.28. The van der Waals surface area contributed by atoms with Crippen molar-refractivity contribution in [1.29, 1.82) is 0 Å². The number of aromatic nitrogens is 3. The molecule has 1 unspecified atom stereocenters. The molecule has 3 aromatic rings. The van der Waals surface area contributed by atoms with Crippen LogP contribution in [-0.4, -0.2) is 34.6 Å². The van der Waals surface area contributed by atoms with Gasteiger partial charge in [-0.1, -0.05) is 17.4 Å². The molecule has 1 aliphatic heterocycles. The second-order valence-corrected chi connectivity index (χ2v) is 7.29. The SMILES string of the molecule is Cc1ccc2nc(N3CCCC(COc4cnccn4)C3)sc2c1. The van der Waals surface area contributed by atoms with E-state index >= 15 is 0 Å². The Bertz CT molecular complexity index is 820. The summed E-state index contributed by atoms with van der Waals surface area (Å²) in [5.74, 6) is 1.10. The van der Waals surface area contributed by atoms with E-state index in [9.17, 15) is 0 Å². The average Bonchev–Trinajstić information content (AvgIpc) is 3.04. The number of benzene rings is 1. The maximum atomic E-state index is 5.79. The van der Waals surface area contributed by atoms with Crippen LogP contribution in [0.4, 0.5) is 5.13 Å². The highest BCUT2D eigenvalue weighted by atomic mass is 32.1. The second kappa shape index (κ2) is 6.73. The third kappa shape index (κ3) is 3.33. The lowest BCUT2D eigenvalue weighted by Crippen LogP contribution is -2.37. The number of hydrogen-bond donors (Lipinski definition) is 0. The van der Waals surface area contributed by atoms with Gasteiger partial charge in [-0.3, -0.25) is 4.98 Å². The number of anilines is 1. The van der Waals surface area contributed by atoms with Crippen molar-refractivity contribution in [3.05, 3.63) is 42.4 Å². The van der Waals surface area contributed by atoms with Gasteiger partial charge in [-0.15, -0.1) is 0 Å². The van der Waals surface area contributed by atoms with Gasteiger partial charge < -0.3 is 9.64 Å². The predicted octanol–water partition coefficient (Wildman–Crippen LogP) is 3.69. The van der Waals surface area contributed by atoms with Gasteiger partial charge in [0.05, 0.1) is 23.0 Å². The number of ether oxygens (including phenoxy) is 1. The van der Waals surface area contributed by atoms with E-state index in [1.54, 1.807) is 29.9 Å². The molecule has 0 saturated carbocycles. The minimum Gasteiger partial charge on any atom is -0.476 e. The normalized spacial score (nSPS) is 18.0. The van der Waals surface area contributed by atoms with Crippen LogP contribution in [0.3, 0.4) is 0 Å². The van der Waals surface area contributed by atoms with Crippen LogP contribution in [0.2, 0.25) is 0 Å². The van der Waals surface area contributed by atoms with Crippen molar-refractivity contribution >= 4 is 26.7 Å². The first-order valence-electron chi connectivity index (χ1n) is 8.29. The summed E-state index contributed by atoms with van der Waals surface area (Å²) in [6, 6.07) is 6.46. The van der Waals surface area contributed by atoms with Gasteiger partial charge in [-0.25, -0.2) is 9.97 Å². The molecule has 1 fully saturated rings. The lowest BCUT2D eigenvalue weighted by atomic mass is 9.99. The summed E-state index contributed by atoms with van der Waals surface area (Å²) in [4.78, 5) is 15.4. The molecule has 4 rings (SSSR count). The predicted molar refractivity (Wildman–Crippen MR) is 96.8 cm³/mol. The van der Waals surface area contributed by atoms with Gasteiger partial charge in [0.2, 0.25) is 5.88 Å². The summed E-state index contributed by atoms with van der Waals surface area (Å²) in [5, 5.41) is 1.12. The first-order valence-corrected chi connectivity index (χ1v) is 9.10. The molecule has 0 radical (unpaired) electrons. The van der Waals surface area contributed by atoms with Crippen LogP contribution >= 0.6 is 11.3 Å². The smallest absolute Gasteiger partial charge is 0.232 e. The first-order chi connectivity index (χ1) is 11.8. The topological polar surface area (TPSA) is 51.1 Å². The Balaban J connectivity index is 1.43. The number of fused-ring (bicyclic) bond motifs is 1. The molecule has 1 aliphatic rings. The largest absolute Gasteiger partial charge is 0.476 e. The molecule has 5 nitrogen and oxygen atoms in total. The zero-order valence-electron chi connectivity index (χ0n) is 13.7. The van der Waals surface area contributed by atoms with E-state index in [4.69, 9.17) is 9.72 Å². The van der Waals surface area contributed by atoms with Crippen LogP contribution in [0.15, 0.2) is 36.8 Å². The Hall–Kier alpha value is -2.21. The van der Waals surface area contributed by atoms with Crippen molar-refractivity contribution in [1.82, 2.24) is 15.0 Å². The zero-order valence-corrected chi connectivity index (χ0v) is 14.5. The van der Waals surface area contributed by atoms with Crippen LogP contribution in [-0.2, 0) is 0 Å². The third-order valence-corrected chi connectivity index (χ3v) is 5.41. The van der Waals surface area contributed by atoms with Gasteiger partial charge in [-0.05, 0) is 37.5 Å². The van der Waals surface area contributed by atoms with Gasteiger partial charge in [0.25, 0.3) is 0 Å². The Morgan fingerprint density at radius 2 is 2.29 bits per heavy atom. The lowest BCUT2D eigenvalue weighted by Gasteiger charge is -2.32. The molecule has 2 aromatic heterocycles. The van der Waals surface area contributed by atoms with Crippen molar-refractivity contribution in [2.75, 3.05) is 24.6 Å². The van der Waals surface area contributed by atoms with Crippen LogP contribution in [0.25, 0.3) is 10.2 Å². The van der Waals surface area contributed by atoms with E-state index in [0.717, 1.165) is 23.7 Å². The number of nitrogens with zero attached hydrogens (tertiary/aromatic N) is 4. The minimum atomic E-state index is 0.495. The highest BCUT2D eigenvalue weighted by Crippen LogP contribution is 2.32. The van der Waals surface area contributed by atoms with Crippen molar-refractivity contribution in [3.8, 4) is 5.88 Å². The number of rotatable bonds is 4. The fourth-order valence-corrected chi connectivity index (χ4v) is 4.19. The van der Waals surface area contributed by atoms with Crippen molar-refractivity contribution in [2.45, 2.75) is 19.8 Å². The monoisotopic (exact) mass is 340 g/mol. The molecule has 24 heavy (non-hydrogen) atoms. The van der Waals surface area contributed by atoms with Gasteiger partial charge in [0.1, 0.15) is 0 Å². The van der Waals surface area contributed by atoms with E-state index in [0.29, 0.717) is 18.4 Å². The lowest BCUT2D eigenvalue weighted by molar-refractivity contribution is 0.221. The van der Waals surface area contributed by atoms with Gasteiger partial charge in [-0.2, -0.15) is 0 Å². The number of hydrogen-bond acceptors (Lipinski definition) is 6. The first kappa shape index (κ1) is 15.3. The molecule has 0 amide bonds. The maximum Gasteiger partial charge on any atom is 0.232 e. The molecule has 1 atom stereocenters. The summed E-state index contributed by atoms with van der Waals surface area (Å²) in [7, 11) is 0. The third-order valence-electron chi connectivity index (χ3n) is 4.33. The Labute approximate surface area is 145 Å². The van der Waals surface area contributed by atoms with Gasteiger partial charge >= 0.3 is 0 Å². The van der Waals surface area contributed by atoms with E-state index in [1.807, 2.05) is 0 Å². The minimum absolute atomic E-state index is 0.495. The van der Waals surface area contributed by atoms with Gasteiger partial charge in [0.15, 0.2) is 5.13 Å². The molecule has 6 heteroatoms. The summed E-state index contributed by atoms with van der Waals surface area (Å²) < 4.78 is 7.05. The molecule has 124 valence electrons.